The van der Waals surface area contributed by atoms with E-state index in [9.17, 15) is 26.4 Å². The van der Waals surface area contributed by atoms with Crippen molar-refractivity contribution in [1.29, 1.82) is 0 Å². The molecule has 0 saturated heterocycles. The summed E-state index contributed by atoms with van der Waals surface area (Å²) in [6, 6.07) is 2.61. The van der Waals surface area contributed by atoms with Gasteiger partial charge in [-0.3, -0.25) is 14.4 Å². The van der Waals surface area contributed by atoms with E-state index in [0.717, 1.165) is 41.9 Å². The maximum Gasteiger partial charge on any atom is 0.417 e. The molecule has 29 heavy (non-hydrogen) atoms. The first-order valence-corrected chi connectivity index (χ1v) is 12.0. The molecule has 1 heterocycles. The van der Waals surface area contributed by atoms with Crippen molar-refractivity contribution in [3.05, 3.63) is 28.8 Å². The highest BCUT2D eigenvalue weighted by molar-refractivity contribution is 8.01. The van der Waals surface area contributed by atoms with E-state index in [1.807, 2.05) is 6.92 Å². The molecule has 160 valence electrons. The van der Waals surface area contributed by atoms with Crippen LogP contribution in [0.1, 0.15) is 18.9 Å². The number of rotatable bonds is 8. The predicted octanol–water partition coefficient (Wildman–Crippen LogP) is 4.12. The van der Waals surface area contributed by atoms with Gasteiger partial charge in [0.15, 0.2) is 4.34 Å². The molecule has 0 atom stereocenters. The van der Waals surface area contributed by atoms with Gasteiger partial charge < -0.3 is 0 Å². The smallest absolute Gasteiger partial charge is 0.299 e. The molecule has 7 nitrogen and oxygen atoms in total. The Bertz CT molecular complexity index is 983. The Balaban J connectivity index is 2.22. The topological polar surface area (TPSA) is 92.3 Å². The normalized spacial score (nSPS) is 12.1. The van der Waals surface area contributed by atoms with Gasteiger partial charge in [-0.05, 0) is 24.6 Å². The third kappa shape index (κ3) is 6.73. The Morgan fingerprint density at radius 1 is 1.34 bits per heavy atom. The van der Waals surface area contributed by atoms with E-state index in [2.05, 4.69) is 15.5 Å². The van der Waals surface area contributed by atoms with Crippen LogP contribution in [0.3, 0.4) is 0 Å². The van der Waals surface area contributed by atoms with E-state index in [1.165, 1.54) is 11.8 Å². The lowest BCUT2D eigenvalue weighted by Crippen LogP contribution is -2.37. The van der Waals surface area contributed by atoms with Gasteiger partial charge >= 0.3 is 6.18 Å². The molecule has 0 aliphatic heterocycles. The van der Waals surface area contributed by atoms with E-state index >= 15 is 0 Å². The van der Waals surface area contributed by atoms with Gasteiger partial charge in [-0.25, -0.2) is 8.42 Å². The van der Waals surface area contributed by atoms with Crippen molar-refractivity contribution < 1.29 is 26.4 Å². The van der Waals surface area contributed by atoms with Crippen molar-refractivity contribution in [1.82, 2.24) is 10.2 Å². The Morgan fingerprint density at radius 3 is 2.62 bits per heavy atom. The van der Waals surface area contributed by atoms with Crippen molar-refractivity contribution in [2.45, 2.75) is 23.9 Å². The number of carbonyl (C=O) groups excluding carboxylic acids is 1. The molecule has 0 bridgehead atoms. The fourth-order valence-corrected chi connectivity index (χ4v) is 4.85. The summed E-state index contributed by atoms with van der Waals surface area (Å²) in [5.41, 5.74) is -1.54. The lowest BCUT2D eigenvalue weighted by atomic mass is 10.2. The molecule has 1 aromatic heterocycles. The highest BCUT2D eigenvalue weighted by Crippen LogP contribution is 2.37. The second-order valence-electron chi connectivity index (χ2n) is 5.70. The van der Waals surface area contributed by atoms with Gasteiger partial charge in [-0.2, -0.15) is 13.2 Å². The van der Waals surface area contributed by atoms with Crippen LogP contribution >= 0.6 is 34.7 Å². The number of hydrogen-bond donors (Lipinski definition) is 1. The second-order valence-corrected chi connectivity index (χ2v) is 10.3. The molecule has 1 aromatic carbocycles. The Morgan fingerprint density at radius 2 is 2.03 bits per heavy atom. The monoisotopic (exact) mass is 488 g/mol. The van der Waals surface area contributed by atoms with Crippen LogP contribution in [-0.4, -0.2) is 43.1 Å². The Hall–Kier alpha value is -1.57. The van der Waals surface area contributed by atoms with Crippen LogP contribution in [0.2, 0.25) is 5.02 Å². The molecule has 2 aromatic rings. The van der Waals surface area contributed by atoms with E-state index in [1.54, 1.807) is 0 Å². The van der Waals surface area contributed by atoms with Crippen LogP contribution in [0, 0.1) is 0 Å². The lowest BCUT2D eigenvalue weighted by molar-refractivity contribution is -0.137. The fourth-order valence-electron chi connectivity index (χ4n) is 2.08. The molecular formula is C15H16ClF3N4O3S3. The third-order valence-corrected chi connectivity index (χ3v) is 6.96. The van der Waals surface area contributed by atoms with Gasteiger partial charge in [0.25, 0.3) is 0 Å². The summed E-state index contributed by atoms with van der Waals surface area (Å²) in [6.07, 6.45) is -3.07. The maximum atomic E-state index is 13.1. The number of aromatic nitrogens is 2. The summed E-state index contributed by atoms with van der Waals surface area (Å²) in [4.78, 5) is 12.3. The minimum atomic E-state index is -4.78. The summed E-state index contributed by atoms with van der Waals surface area (Å²) in [6.45, 7) is 1.26. The highest BCUT2D eigenvalue weighted by atomic mass is 35.5. The van der Waals surface area contributed by atoms with Gasteiger partial charge in [-0.1, -0.05) is 41.6 Å². The van der Waals surface area contributed by atoms with Gasteiger partial charge in [0.1, 0.15) is 6.54 Å². The third-order valence-electron chi connectivity index (χ3n) is 3.31. The molecule has 0 aliphatic rings. The first kappa shape index (κ1) is 23.7. The number of nitrogens with zero attached hydrogens (tertiary/aromatic N) is 3. The Labute approximate surface area is 178 Å². The first-order valence-electron chi connectivity index (χ1n) is 8.02. The van der Waals surface area contributed by atoms with E-state index in [-0.39, 0.29) is 10.8 Å². The van der Waals surface area contributed by atoms with Crippen LogP contribution in [0.25, 0.3) is 0 Å². The SMILES string of the molecule is CCCSc1nnc(NC(=O)CN(c2ccc(Cl)c(C(F)(F)F)c2)S(C)(=O)=O)s1. The highest BCUT2D eigenvalue weighted by Gasteiger charge is 2.34. The molecule has 0 radical (unpaired) electrons. The molecule has 0 saturated carbocycles. The number of sulfonamides is 1. The number of halogens is 4. The predicted molar refractivity (Wildman–Crippen MR) is 108 cm³/mol. The van der Waals surface area contributed by atoms with Gasteiger partial charge in [0.2, 0.25) is 21.1 Å². The summed E-state index contributed by atoms with van der Waals surface area (Å²) in [5.74, 6) is 0.0462. The lowest BCUT2D eigenvalue weighted by Gasteiger charge is -2.23. The summed E-state index contributed by atoms with van der Waals surface area (Å²) >= 11 is 8.14. The zero-order valence-corrected chi connectivity index (χ0v) is 18.4. The number of nitrogens with one attached hydrogen (secondary N) is 1. The molecule has 1 N–H and O–H groups in total. The maximum absolute atomic E-state index is 13.1. The van der Waals surface area contributed by atoms with Crippen LogP contribution < -0.4 is 9.62 Å². The zero-order chi connectivity index (χ0) is 21.8. The summed E-state index contributed by atoms with van der Waals surface area (Å²) < 4.78 is 64.6. The van der Waals surface area contributed by atoms with Gasteiger partial charge in [0, 0.05) is 5.75 Å². The first-order chi connectivity index (χ1) is 13.4. The minimum Gasteiger partial charge on any atom is -0.299 e. The van der Waals surface area contributed by atoms with Crippen LogP contribution in [0.15, 0.2) is 22.5 Å². The molecular weight excluding hydrogens is 473 g/mol. The number of anilines is 2. The van der Waals surface area contributed by atoms with Crippen molar-refractivity contribution in [3.8, 4) is 0 Å². The average Bonchev–Trinajstić information content (AvgIpc) is 3.04. The summed E-state index contributed by atoms with van der Waals surface area (Å²) in [7, 11) is -4.06. The van der Waals surface area contributed by atoms with Gasteiger partial charge in [-0.15, -0.1) is 10.2 Å². The van der Waals surface area contributed by atoms with E-state index in [4.69, 9.17) is 11.6 Å². The molecule has 2 rings (SSSR count). The molecule has 0 unspecified atom stereocenters. The number of hydrogen-bond acceptors (Lipinski definition) is 7. The molecule has 14 heteroatoms. The van der Waals surface area contributed by atoms with Crippen molar-refractivity contribution in [2.24, 2.45) is 0 Å². The van der Waals surface area contributed by atoms with Gasteiger partial charge in [0.05, 0.1) is 22.5 Å². The quantitative estimate of drug-likeness (QED) is 0.444. The molecule has 1 amide bonds. The van der Waals surface area contributed by atoms with E-state index < -0.39 is 39.2 Å². The van der Waals surface area contributed by atoms with Crippen LogP contribution in [-0.2, 0) is 21.0 Å². The molecule has 0 spiro atoms. The van der Waals surface area contributed by atoms with E-state index in [0.29, 0.717) is 14.7 Å². The second kappa shape index (κ2) is 9.49. The number of amides is 1. The molecule has 0 aliphatic carbocycles. The number of carbonyl (C=O) groups is 1. The van der Waals surface area contributed by atoms with Crippen molar-refractivity contribution in [3.63, 3.8) is 0 Å². The average molecular weight is 489 g/mol. The number of benzene rings is 1. The summed E-state index contributed by atoms with van der Waals surface area (Å²) in [5, 5.41) is 9.67. The van der Waals surface area contributed by atoms with Crippen LogP contribution in [0.4, 0.5) is 24.0 Å². The fraction of sp³-hybridized carbons (Fsp3) is 0.400. The van der Waals surface area contributed by atoms with Crippen molar-refractivity contribution >= 4 is 61.4 Å². The van der Waals surface area contributed by atoms with Crippen molar-refractivity contribution in [2.75, 3.05) is 28.2 Å². The largest absolute Gasteiger partial charge is 0.417 e. The Kier molecular flexibility index (Phi) is 7.76. The number of alkyl halides is 3. The van der Waals surface area contributed by atoms with Crippen LogP contribution in [0.5, 0.6) is 0 Å². The zero-order valence-electron chi connectivity index (χ0n) is 15.2. The number of thioether (sulfide) groups is 1. The molecule has 0 fully saturated rings. The standard InChI is InChI=1S/C15H16ClF3N4O3S3/c1-3-6-27-14-22-21-13(28-14)20-12(24)8-23(29(2,25)26)9-4-5-11(16)10(7-9)15(17,18)19/h4-5,7H,3,6,8H2,1-2H3,(H,20,21,24). The minimum absolute atomic E-state index is 0.161.